The number of hydrogen-bond acceptors (Lipinski definition) is 2. The fourth-order valence-electron chi connectivity index (χ4n) is 1.71. The Labute approximate surface area is 106 Å². The fourth-order valence-corrected chi connectivity index (χ4v) is 2.54. The lowest BCUT2D eigenvalue weighted by molar-refractivity contribution is 0.406. The van der Waals surface area contributed by atoms with Gasteiger partial charge in [0.05, 0.1) is 6.04 Å². The van der Waals surface area contributed by atoms with E-state index in [1.807, 2.05) is 42.3 Å². The van der Waals surface area contributed by atoms with Crippen LogP contribution in [0.4, 0.5) is 0 Å². The monoisotopic (exact) mass is 244 g/mol. The van der Waals surface area contributed by atoms with Gasteiger partial charge in [-0.1, -0.05) is 36.4 Å². The molecule has 0 radical (unpaired) electrons. The topological polar surface area (TPSA) is 27.1 Å². The largest absolute Gasteiger partial charge is 0.352 e. The van der Waals surface area contributed by atoms with Crippen molar-refractivity contribution < 1.29 is 0 Å². The van der Waals surface area contributed by atoms with Crippen LogP contribution in [-0.2, 0) is 0 Å². The summed E-state index contributed by atoms with van der Waals surface area (Å²) in [4.78, 5) is 3.29. The molecule has 1 aromatic carbocycles. The predicted molar refractivity (Wildman–Crippen MR) is 73.8 cm³/mol. The van der Waals surface area contributed by atoms with Gasteiger partial charge in [-0.15, -0.1) is 11.3 Å². The number of amidine groups is 1. The van der Waals surface area contributed by atoms with E-state index in [4.69, 9.17) is 5.41 Å². The molecule has 1 aromatic heterocycles. The Morgan fingerprint density at radius 3 is 2.47 bits per heavy atom. The number of nitrogens with one attached hydrogen (secondary N) is 1. The van der Waals surface area contributed by atoms with Crippen LogP contribution in [0.2, 0.25) is 0 Å². The highest BCUT2D eigenvalue weighted by molar-refractivity contribution is 7.10. The van der Waals surface area contributed by atoms with Gasteiger partial charge in [0, 0.05) is 17.5 Å². The molecule has 0 bridgehead atoms. The number of nitrogens with zero attached hydrogens (tertiary/aromatic N) is 1. The second-order valence-electron chi connectivity index (χ2n) is 4.02. The molecule has 1 N–H and O–H groups in total. The Bertz CT molecular complexity index is 476. The quantitative estimate of drug-likeness (QED) is 0.646. The van der Waals surface area contributed by atoms with E-state index in [0.717, 1.165) is 5.56 Å². The molecule has 0 saturated carbocycles. The van der Waals surface area contributed by atoms with Crippen LogP contribution < -0.4 is 0 Å². The van der Waals surface area contributed by atoms with Crippen molar-refractivity contribution in [1.82, 2.24) is 4.90 Å². The average molecular weight is 244 g/mol. The maximum Gasteiger partial charge on any atom is 0.128 e. The van der Waals surface area contributed by atoms with Crippen molar-refractivity contribution in [2.24, 2.45) is 0 Å². The highest BCUT2D eigenvalue weighted by Gasteiger charge is 2.16. The van der Waals surface area contributed by atoms with E-state index in [9.17, 15) is 0 Å². The molecule has 1 heterocycles. The third-order valence-corrected chi connectivity index (χ3v) is 3.98. The molecule has 2 aromatic rings. The molecule has 2 nitrogen and oxygen atoms in total. The van der Waals surface area contributed by atoms with E-state index in [2.05, 4.69) is 24.4 Å². The number of thiophene rings is 1. The summed E-state index contributed by atoms with van der Waals surface area (Å²) >= 11 is 1.73. The van der Waals surface area contributed by atoms with Crippen molar-refractivity contribution in [3.05, 3.63) is 58.3 Å². The van der Waals surface area contributed by atoms with Gasteiger partial charge in [0.2, 0.25) is 0 Å². The lowest BCUT2D eigenvalue weighted by Crippen LogP contribution is -2.29. The fraction of sp³-hybridized carbons (Fsp3) is 0.214. The third kappa shape index (κ3) is 2.56. The van der Waals surface area contributed by atoms with Crippen LogP contribution in [-0.4, -0.2) is 17.8 Å². The average Bonchev–Trinajstić information content (AvgIpc) is 2.91. The first-order chi connectivity index (χ1) is 8.20. The van der Waals surface area contributed by atoms with E-state index >= 15 is 0 Å². The Morgan fingerprint density at radius 1 is 1.18 bits per heavy atom. The molecule has 1 atom stereocenters. The summed E-state index contributed by atoms with van der Waals surface area (Å²) in [7, 11) is 1.97. The lowest BCUT2D eigenvalue weighted by Gasteiger charge is -2.26. The standard InChI is InChI=1S/C14H16N2S/c1-11(13-9-6-10-17-13)16(2)14(15)12-7-4-3-5-8-12/h3-11,15H,1-2H3. The molecule has 0 aliphatic heterocycles. The SMILES string of the molecule is CC(c1cccs1)N(C)C(=N)c1ccccc1. The summed E-state index contributed by atoms with van der Waals surface area (Å²) < 4.78 is 0. The van der Waals surface area contributed by atoms with Crippen LogP contribution in [0.1, 0.15) is 23.4 Å². The third-order valence-electron chi connectivity index (χ3n) is 2.94. The van der Waals surface area contributed by atoms with Gasteiger partial charge in [-0.3, -0.25) is 5.41 Å². The minimum atomic E-state index is 0.239. The van der Waals surface area contributed by atoms with Crippen molar-refractivity contribution in [1.29, 1.82) is 5.41 Å². The van der Waals surface area contributed by atoms with Crippen LogP contribution in [0, 0.1) is 5.41 Å². The summed E-state index contributed by atoms with van der Waals surface area (Å²) in [5, 5.41) is 10.3. The summed E-state index contributed by atoms with van der Waals surface area (Å²) in [6, 6.07) is 14.3. The van der Waals surface area contributed by atoms with Gasteiger partial charge in [-0.05, 0) is 18.4 Å². The van der Waals surface area contributed by atoms with Crippen LogP contribution >= 0.6 is 11.3 Å². The van der Waals surface area contributed by atoms with Crippen LogP contribution in [0.5, 0.6) is 0 Å². The minimum Gasteiger partial charge on any atom is -0.352 e. The van der Waals surface area contributed by atoms with Crippen LogP contribution in [0.15, 0.2) is 47.8 Å². The van der Waals surface area contributed by atoms with Crippen LogP contribution in [0.3, 0.4) is 0 Å². The first-order valence-corrected chi connectivity index (χ1v) is 6.48. The Morgan fingerprint density at radius 2 is 1.88 bits per heavy atom. The zero-order valence-electron chi connectivity index (χ0n) is 10.1. The Balaban J connectivity index is 2.16. The highest BCUT2D eigenvalue weighted by Crippen LogP contribution is 2.24. The number of hydrogen-bond donors (Lipinski definition) is 1. The van der Waals surface area contributed by atoms with Crippen LogP contribution in [0.25, 0.3) is 0 Å². The molecule has 3 heteroatoms. The van der Waals surface area contributed by atoms with Gasteiger partial charge >= 0.3 is 0 Å². The molecule has 0 aliphatic carbocycles. The second kappa shape index (κ2) is 5.15. The molecule has 88 valence electrons. The van der Waals surface area contributed by atoms with E-state index in [1.54, 1.807) is 11.3 Å². The molecule has 0 fully saturated rings. The van der Waals surface area contributed by atoms with Crippen molar-refractivity contribution in [3.63, 3.8) is 0 Å². The van der Waals surface area contributed by atoms with E-state index in [0.29, 0.717) is 5.84 Å². The van der Waals surface area contributed by atoms with Gasteiger partial charge in [0.1, 0.15) is 5.84 Å². The molecule has 2 rings (SSSR count). The highest BCUT2D eigenvalue weighted by atomic mass is 32.1. The smallest absolute Gasteiger partial charge is 0.128 e. The lowest BCUT2D eigenvalue weighted by atomic mass is 10.1. The van der Waals surface area contributed by atoms with Gasteiger partial charge < -0.3 is 4.90 Å². The van der Waals surface area contributed by atoms with Gasteiger partial charge in [0.15, 0.2) is 0 Å². The van der Waals surface area contributed by atoms with E-state index in [1.165, 1.54) is 4.88 Å². The first-order valence-electron chi connectivity index (χ1n) is 5.60. The number of benzene rings is 1. The summed E-state index contributed by atoms with van der Waals surface area (Å²) in [5.74, 6) is 0.562. The van der Waals surface area contributed by atoms with Gasteiger partial charge in [-0.25, -0.2) is 0 Å². The van der Waals surface area contributed by atoms with Gasteiger partial charge in [0.25, 0.3) is 0 Å². The van der Waals surface area contributed by atoms with Crippen molar-refractivity contribution in [2.45, 2.75) is 13.0 Å². The molecule has 0 saturated heterocycles. The van der Waals surface area contributed by atoms with Crippen molar-refractivity contribution in [3.8, 4) is 0 Å². The Hall–Kier alpha value is -1.61. The summed E-state index contributed by atoms with van der Waals surface area (Å²) in [6.07, 6.45) is 0. The van der Waals surface area contributed by atoms with Crippen molar-refractivity contribution >= 4 is 17.2 Å². The zero-order valence-corrected chi connectivity index (χ0v) is 10.9. The summed E-state index contributed by atoms with van der Waals surface area (Å²) in [6.45, 7) is 2.13. The molecular formula is C14H16N2S. The maximum atomic E-state index is 8.20. The number of rotatable bonds is 3. The molecule has 0 aliphatic rings. The molecule has 1 unspecified atom stereocenters. The van der Waals surface area contributed by atoms with Crippen molar-refractivity contribution in [2.75, 3.05) is 7.05 Å². The van der Waals surface area contributed by atoms with E-state index in [-0.39, 0.29) is 6.04 Å². The first kappa shape index (κ1) is 11.9. The maximum absolute atomic E-state index is 8.20. The zero-order chi connectivity index (χ0) is 12.3. The second-order valence-corrected chi connectivity index (χ2v) is 5.00. The van der Waals surface area contributed by atoms with E-state index < -0.39 is 0 Å². The normalized spacial score (nSPS) is 12.1. The summed E-state index contributed by atoms with van der Waals surface area (Å²) in [5.41, 5.74) is 0.957. The minimum absolute atomic E-state index is 0.239. The van der Waals surface area contributed by atoms with Gasteiger partial charge in [-0.2, -0.15) is 0 Å². The predicted octanol–water partition coefficient (Wildman–Crippen LogP) is 3.77. The molecule has 17 heavy (non-hydrogen) atoms. The Kier molecular flexibility index (Phi) is 3.59. The molecule has 0 spiro atoms. The molecular weight excluding hydrogens is 228 g/mol. The molecule has 0 amide bonds.